The quantitative estimate of drug-likeness (QED) is 0.560. The van der Waals surface area contributed by atoms with Crippen LogP contribution >= 0.6 is 31.9 Å². The van der Waals surface area contributed by atoms with Crippen molar-refractivity contribution in [1.29, 1.82) is 0 Å². The monoisotopic (exact) mass is 435 g/mol. The van der Waals surface area contributed by atoms with Crippen LogP contribution in [0.25, 0.3) is 0 Å². The third kappa shape index (κ3) is 4.56. The Morgan fingerprint density at radius 3 is 2.19 bits per heavy atom. The zero-order chi connectivity index (χ0) is 16.4. The van der Waals surface area contributed by atoms with Crippen LogP contribution in [0.1, 0.15) is 0 Å². The number of halogens is 5. The topological polar surface area (TPSA) is 89.7 Å². The van der Waals surface area contributed by atoms with E-state index >= 15 is 0 Å². The largest absolute Gasteiger partial charge is 0.490 e. The summed E-state index contributed by atoms with van der Waals surface area (Å²) in [4.78, 5) is 20.5. The van der Waals surface area contributed by atoms with Gasteiger partial charge in [-0.3, -0.25) is 14.9 Å². The molecule has 0 aliphatic rings. The lowest BCUT2D eigenvalue weighted by molar-refractivity contribution is -0.385. The molecule has 6 nitrogen and oxygen atoms in total. The number of carboxylic acid groups (broad SMARTS) is 1. The van der Waals surface area contributed by atoms with Crippen LogP contribution in [0.3, 0.4) is 0 Å². The van der Waals surface area contributed by atoms with Gasteiger partial charge in [0.25, 0.3) is 5.69 Å². The maximum absolute atomic E-state index is 12.5. The van der Waals surface area contributed by atoms with Gasteiger partial charge in [-0.1, -0.05) is 0 Å². The van der Waals surface area contributed by atoms with Crippen LogP contribution in [0.4, 0.5) is 18.9 Å². The fourth-order valence-corrected chi connectivity index (χ4v) is 2.65. The highest BCUT2D eigenvalue weighted by atomic mass is 79.9. The number of ether oxygens (including phenoxy) is 1. The Hall–Kier alpha value is -1.36. The number of benzene rings is 1. The van der Waals surface area contributed by atoms with E-state index in [-0.39, 0.29) is 20.4 Å². The summed E-state index contributed by atoms with van der Waals surface area (Å²) in [5.41, 5.74) is -0.313. The summed E-state index contributed by atoms with van der Waals surface area (Å²) in [6, 6.07) is 2.06. The first-order valence-electron chi connectivity index (χ1n) is 5.09. The molecule has 0 fully saturated rings. The number of rotatable bonds is 5. The standard InChI is InChI=1S/C10H6Br2F3NO5/c11-6-1-4(16(19)20)2-7(12)8(6)21-3-5(9(17)18)10(13,14)15/h1-2,5H,3H2,(H,17,18). The van der Waals surface area contributed by atoms with E-state index in [0.717, 1.165) is 12.1 Å². The molecule has 0 saturated carbocycles. The minimum absolute atomic E-state index is 0.0230. The molecule has 21 heavy (non-hydrogen) atoms. The summed E-state index contributed by atoms with van der Waals surface area (Å²) in [6.07, 6.45) is -4.97. The second kappa shape index (κ2) is 6.60. The Morgan fingerprint density at radius 2 is 1.86 bits per heavy atom. The van der Waals surface area contributed by atoms with Gasteiger partial charge in [0, 0.05) is 12.1 Å². The highest BCUT2D eigenvalue weighted by molar-refractivity contribution is 9.11. The van der Waals surface area contributed by atoms with E-state index in [1.165, 1.54) is 0 Å². The molecule has 1 atom stereocenters. The molecule has 0 radical (unpaired) electrons. The molecule has 11 heteroatoms. The molecule has 0 amide bonds. The van der Waals surface area contributed by atoms with Crippen molar-refractivity contribution in [2.45, 2.75) is 6.18 Å². The fraction of sp³-hybridized carbons (Fsp3) is 0.300. The van der Waals surface area contributed by atoms with Gasteiger partial charge in [-0.2, -0.15) is 13.2 Å². The van der Waals surface area contributed by atoms with Gasteiger partial charge < -0.3 is 9.84 Å². The van der Waals surface area contributed by atoms with Crippen LogP contribution in [0.2, 0.25) is 0 Å². The first-order valence-corrected chi connectivity index (χ1v) is 6.68. The van der Waals surface area contributed by atoms with E-state index in [1.807, 2.05) is 0 Å². The fourth-order valence-electron chi connectivity index (χ4n) is 1.26. The predicted octanol–water partition coefficient (Wildman–Crippen LogP) is 3.76. The van der Waals surface area contributed by atoms with Crippen molar-refractivity contribution in [2.75, 3.05) is 6.61 Å². The Labute approximate surface area is 132 Å². The number of non-ortho nitro benzene ring substituents is 1. The Kier molecular flexibility index (Phi) is 5.56. The Morgan fingerprint density at radius 1 is 1.38 bits per heavy atom. The summed E-state index contributed by atoms with van der Waals surface area (Å²) in [6.45, 7) is -1.16. The summed E-state index contributed by atoms with van der Waals surface area (Å²) in [5, 5.41) is 19.1. The zero-order valence-corrected chi connectivity index (χ0v) is 13.0. The smallest absolute Gasteiger partial charge is 0.405 e. The van der Waals surface area contributed by atoms with Crippen molar-refractivity contribution < 1.29 is 32.7 Å². The molecular formula is C10H6Br2F3NO5. The van der Waals surface area contributed by atoms with E-state index in [2.05, 4.69) is 31.9 Å². The molecule has 1 aromatic carbocycles. The number of nitro benzene ring substituents is 1. The van der Waals surface area contributed by atoms with Gasteiger partial charge in [-0.25, -0.2) is 0 Å². The first kappa shape index (κ1) is 17.7. The van der Waals surface area contributed by atoms with Gasteiger partial charge in [0.05, 0.1) is 13.9 Å². The second-order valence-corrected chi connectivity index (χ2v) is 5.45. The third-order valence-corrected chi connectivity index (χ3v) is 3.46. The number of nitro groups is 1. The van der Waals surface area contributed by atoms with Crippen LogP contribution in [0.15, 0.2) is 21.1 Å². The maximum atomic E-state index is 12.5. The third-order valence-electron chi connectivity index (χ3n) is 2.28. The van der Waals surface area contributed by atoms with Crippen LogP contribution in [0.5, 0.6) is 5.75 Å². The summed E-state index contributed by atoms with van der Waals surface area (Å²) in [7, 11) is 0. The lowest BCUT2D eigenvalue weighted by Gasteiger charge is -2.17. The first-order chi connectivity index (χ1) is 9.54. The number of hydrogen-bond acceptors (Lipinski definition) is 4. The van der Waals surface area contributed by atoms with Crippen molar-refractivity contribution in [3.8, 4) is 5.75 Å². The van der Waals surface area contributed by atoms with Crippen molar-refractivity contribution >= 4 is 43.5 Å². The molecule has 0 aliphatic heterocycles. The molecule has 1 aromatic rings. The molecule has 0 aliphatic carbocycles. The van der Waals surface area contributed by atoms with Gasteiger partial charge in [-0.15, -0.1) is 0 Å². The number of hydrogen-bond donors (Lipinski definition) is 1. The number of carboxylic acids is 1. The lowest BCUT2D eigenvalue weighted by Crippen LogP contribution is -2.35. The molecule has 1 unspecified atom stereocenters. The average Bonchev–Trinajstić information content (AvgIpc) is 2.29. The SMILES string of the molecule is O=C(O)C(COc1c(Br)cc([N+](=O)[O-])cc1Br)C(F)(F)F. The van der Waals surface area contributed by atoms with E-state index in [9.17, 15) is 28.1 Å². The van der Waals surface area contributed by atoms with Crippen molar-refractivity contribution in [2.24, 2.45) is 5.92 Å². The summed E-state index contributed by atoms with van der Waals surface area (Å²) >= 11 is 5.83. The normalized spacial score (nSPS) is 12.8. The molecule has 0 bridgehead atoms. The van der Waals surface area contributed by atoms with Crippen LogP contribution in [-0.4, -0.2) is 28.8 Å². The second-order valence-electron chi connectivity index (χ2n) is 3.74. The van der Waals surface area contributed by atoms with Gasteiger partial charge in [0.1, 0.15) is 12.4 Å². The van der Waals surface area contributed by atoms with E-state index in [0.29, 0.717) is 0 Å². The molecule has 1 N–H and O–H groups in total. The number of alkyl halides is 3. The highest BCUT2D eigenvalue weighted by Crippen LogP contribution is 2.38. The minimum atomic E-state index is -4.97. The van der Waals surface area contributed by atoms with E-state index in [1.54, 1.807) is 0 Å². The molecule has 116 valence electrons. The molecule has 0 saturated heterocycles. The van der Waals surface area contributed by atoms with Gasteiger partial charge >= 0.3 is 12.1 Å². The predicted molar refractivity (Wildman–Crippen MR) is 71.2 cm³/mol. The van der Waals surface area contributed by atoms with Crippen molar-refractivity contribution in [3.63, 3.8) is 0 Å². The molecular weight excluding hydrogens is 431 g/mol. The number of aliphatic carboxylic acids is 1. The molecule has 0 spiro atoms. The molecule has 0 heterocycles. The minimum Gasteiger partial charge on any atom is -0.490 e. The Bertz CT molecular complexity index is 555. The van der Waals surface area contributed by atoms with E-state index in [4.69, 9.17) is 9.84 Å². The van der Waals surface area contributed by atoms with Gasteiger partial charge in [0.15, 0.2) is 5.92 Å². The zero-order valence-electron chi connectivity index (χ0n) is 9.86. The van der Waals surface area contributed by atoms with Crippen molar-refractivity contribution in [1.82, 2.24) is 0 Å². The highest BCUT2D eigenvalue weighted by Gasteiger charge is 2.46. The van der Waals surface area contributed by atoms with Crippen molar-refractivity contribution in [3.05, 3.63) is 31.2 Å². The Balaban J connectivity index is 2.99. The summed E-state index contributed by atoms with van der Waals surface area (Å²) < 4.78 is 42.3. The lowest BCUT2D eigenvalue weighted by atomic mass is 10.1. The molecule has 0 aromatic heterocycles. The van der Waals surface area contributed by atoms with Crippen LogP contribution in [-0.2, 0) is 4.79 Å². The van der Waals surface area contributed by atoms with Gasteiger partial charge in [0.2, 0.25) is 0 Å². The summed E-state index contributed by atoms with van der Waals surface area (Å²) in [5.74, 6) is -4.93. The number of carbonyl (C=O) groups is 1. The van der Waals surface area contributed by atoms with Gasteiger partial charge in [-0.05, 0) is 31.9 Å². The number of nitrogens with zero attached hydrogens (tertiary/aromatic N) is 1. The average molecular weight is 437 g/mol. The van der Waals surface area contributed by atoms with Crippen LogP contribution < -0.4 is 4.74 Å². The maximum Gasteiger partial charge on any atom is 0.405 e. The van der Waals surface area contributed by atoms with E-state index < -0.39 is 29.6 Å². The molecule has 1 rings (SSSR count). The van der Waals surface area contributed by atoms with Crippen LogP contribution in [0, 0.1) is 16.0 Å².